The van der Waals surface area contributed by atoms with Gasteiger partial charge in [-0.25, -0.2) is 9.97 Å². The molecule has 1 unspecified atom stereocenters. The number of hydrogen-bond donors (Lipinski definition) is 1. The zero-order valence-electron chi connectivity index (χ0n) is 10.8. The third-order valence-corrected chi connectivity index (χ3v) is 3.16. The molecule has 1 atom stereocenters. The van der Waals surface area contributed by atoms with Gasteiger partial charge in [-0.2, -0.15) is 11.8 Å². The Bertz CT molecular complexity index is 322. The van der Waals surface area contributed by atoms with Gasteiger partial charge in [0.1, 0.15) is 12.1 Å². The molecule has 1 aromatic rings. The van der Waals surface area contributed by atoms with Gasteiger partial charge in [-0.1, -0.05) is 6.92 Å². The van der Waals surface area contributed by atoms with E-state index in [4.69, 9.17) is 4.74 Å². The quantitative estimate of drug-likeness (QED) is 0.724. The van der Waals surface area contributed by atoms with Crippen molar-refractivity contribution in [2.24, 2.45) is 0 Å². The monoisotopic (exact) mass is 255 g/mol. The van der Waals surface area contributed by atoms with E-state index in [2.05, 4.69) is 29.1 Å². The Balaban J connectivity index is 2.41. The Labute approximate surface area is 108 Å². The van der Waals surface area contributed by atoms with Crippen LogP contribution in [0.1, 0.15) is 27.2 Å². The second-order valence-electron chi connectivity index (χ2n) is 3.71. The minimum Gasteiger partial charge on any atom is -0.478 e. The summed E-state index contributed by atoms with van der Waals surface area (Å²) in [5.74, 6) is 3.81. The average molecular weight is 255 g/mol. The van der Waals surface area contributed by atoms with Crippen LogP contribution in [0.15, 0.2) is 12.4 Å². The van der Waals surface area contributed by atoms with Gasteiger partial charge in [0, 0.05) is 12.1 Å². The lowest BCUT2D eigenvalue weighted by Gasteiger charge is -2.14. The fourth-order valence-corrected chi connectivity index (χ4v) is 2.18. The van der Waals surface area contributed by atoms with Crippen molar-refractivity contribution in [1.82, 2.24) is 9.97 Å². The van der Waals surface area contributed by atoms with E-state index in [1.807, 2.05) is 24.8 Å². The molecule has 4 nitrogen and oxygen atoms in total. The maximum absolute atomic E-state index is 5.33. The largest absolute Gasteiger partial charge is 0.478 e. The summed E-state index contributed by atoms with van der Waals surface area (Å²) < 4.78 is 5.33. The van der Waals surface area contributed by atoms with Crippen molar-refractivity contribution >= 4 is 17.6 Å². The molecule has 0 aromatic carbocycles. The Kier molecular flexibility index (Phi) is 6.77. The lowest BCUT2D eigenvalue weighted by atomic mass is 10.2. The number of hydrogen-bond acceptors (Lipinski definition) is 5. The van der Waals surface area contributed by atoms with Gasteiger partial charge >= 0.3 is 0 Å². The fraction of sp³-hybridized carbons (Fsp3) is 0.667. The van der Waals surface area contributed by atoms with Crippen LogP contribution in [-0.2, 0) is 0 Å². The molecule has 1 heterocycles. The van der Waals surface area contributed by atoms with E-state index in [1.54, 1.807) is 0 Å². The van der Waals surface area contributed by atoms with Crippen molar-refractivity contribution < 1.29 is 4.74 Å². The first kappa shape index (κ1) is 14.1. The molecule has 0 aliphatic rings. The molecule has 0 bridgehead atoms. The third-order valence-electron chi connectivity index (χ3n) is 2.23. The fourth-order valence-electron chi connectivity index (χ4n) is 1.37. The van der Waals surface area contributed by atoms with Gasteiger partial charge in [0.05, 0.1) is 6.61 Å². The number of nitrogens with zero attached hydrogens (tertiary/aromatic N) is 2. The molecule has 96 valence electrons. The predicted octanol–water partition coefficient (Wildman–Crippen LogP) is 2.82. The van der Waals surface area contributed by atoms with Gasteiger partial charge < -0.3 is 10.1 Å². The molecule has 0 saturated carbocycles. The predicted molar refractivity (Wildman–Crippen MR) is 73.9 cm³/mol. The summed E-state index contributed by atoms with van der Waals surface area (Å²) in [6.45, 7) is 6.92. The van der Waals surface area contributed by atoms with Crippen molar-refractivity contribution in [2.75, 3.05) is 23.4 Å². The average Bonchev–Trinajstić information content (AvgIpc) is 2.30. The summed E-state index contributed by atoms with van der Waals surface area (Å²) in [5.41, 5.74) is 0. The molecular weight excluding hydrogens is 234 g/mol. The van der Waals surface area contributed by atoms with E-state index in [0.717, 1.165) is 12.2 Å². The number of aromatic nitrogens is 2. The van der Waals surface area contributed by atoms with Gasteiger partial charge in [0.2, 0.25) is 5.88 Å². The van der Waals surface area contributed by atoms with Crippen LogP contribution in [0.4, 0.5) is 5.82 Å². The molecule has 1 rings (SSSR count). The third kappa shape index (κ3) is 5.77. The highest BCUT2D eigenvalue weighted by Gasteiger charge is 2.04. The van der Waals surface area contributed by atoms with Crippen molar-refractivity contribution in [1.29, 1.82) is 0 Å². The Hall–Kier alpha value is -0.970. The SMILES string of the molecule is CCOc1cc(NC(C)CCSCC)ncn1. The number of anilines is 1. The highest BCUT2D eigenvalue weighted by Crippen LogP contribution is 2.13. The van der Waals surface area contributed by atoms with E-state index in [0.29, 0.717) is 18.5 Å². The topological polar surface area (TPSA) is 47.0 Å². The molecule has 0 spiro atoms. The number of ether oxygens (including phenoxy) is 1. The van der Waals surface area contributed by atoms with Crippen LogP contribution >= 0.6 is 11.8 Å². The molecular formula is C12H21N3OS. The normalized spacial score (nSPS) is 12.2. The minimum atomic E-state index is 0.415. The summed E-state index contributed by atoms with van der Waals surface area (Å²) in [6, 6.07) is 2.26. The lowest BCUT2D eigenvalue weighted by molar-refractivity contribution is 0.326. The zero-order valence-corrected chi connectivity index (χ0v) is 11.6. The van der Waals surface area contributed by atoms with E-state index in [9.17, 15) is 0 Å². The van der Waals surface area contributed by atoms with Crippen molar-refractivity contribution in [2.45, 2.75) is 33.2 Å². The summed E-state index contributed by atoms with van der Waals surface area (Å²) in [7, 11) is 0. The summed E-state index contributed by atoms with van der Waals surface area (Å²) >= 11 is 1.96. The summed E-state index contributed by atoms with van der Waals surface area (Å²) in [5, 5.41) is 3.36. The van der Waals surface area contributed by atoms with Crippen molar-refractivity contribution in [3.63, 3.8) is 0 Å². The summed E-state index contributed by atoms with van der Waals surface area (Å²) in [4.78, 5) is 8.22. The second-order valence-corrected chi connectivity index (χ2v) is 5.10. The van der Waals surface area contributed by atoms with Gasteiger partial charge in [0.25, 0.3) is 0 Å². The highest BCUT2D eigenvalue weighted by atomic mass is 32.2. The van der Waals surface area contributed by atoms with Crippen LogP contribution in [0, 0.1) is 0 Å². The smallest absolute Gasteiger partial charge is 0.218 e. The number of nitrogens with one attached hydrogen (secondary N) is 1. The standard InChI is InChI=1S/C12H21N3OS/c1-4-16-12-8-11(13-9-14-12)15-10(3)6-7-17-5-2/h8-10H,4-7H2,1-3H3,(H,13,14,15). The summed E-state index contributed by atoms with van der Waals surface area (Å²) in [6.07, 6.45) is 2.66. The molecule has 0 aliphatic heterocycles. The molecule has 17 heavy (non-hydrogen) atoms. The Morgan fingerprint density at radius 3 is 2.94 bits per heavy atom. The van der Waals surface area contributed by atoms with E-state index < -0.39 is 0 Å². The van der Waals surface area contributed by atoms with Crippen molar-refractivity contribution in [3.05, 3.63) is 12.4 Å². The molecule has 0 radical (unpaired) electrons. The highest BCUT2D eigenvalue weighted by molar-refractivity contribution is 7.99. The van der Waals surface area contributed by atoms with Crippen LogP contribution < -0.4 is 10.1 Å². The number of rotatable bonds is 8. The Morgan fingerprint density at radius 2 is 2.24 bits per heavy atom. The molecule has 5 heteroatoms. The molecule has 0 fully saturated rings. The lowest BCUT2D eigenvalue weighted by Crippen LogP contribution is -2.17. The Morgan fingerprint density at radius 1 is 1.41 bits per heavy atom. The maximum Gasteiger partial charge on any atom is 0.218 e. The molecule has 1 aromatic heterocycles. The first-order valence-corrected chi connectivity index (χ1v) is 7.20. The first-order valence-electron chi connectivity index (χ1n) is 6.05. The first-order chi connectivity index (χ1) is 8.26. The van der Waals surface area contributed by atoms with E-state index >= 15 is 0 Å². The van der Waals surface area contributed by atoms with Crippen LogP contribution in [0.2, 0.25) is 0 Å². The van der Waals surface area contributed by atoms with E-state index in [-0.39, 0.29) is 0 Å². The zero-order chi connectivity index (χ0) is 12.5. The molecule has 0 saturated heterocycles. The van der Waals surface area contributed by atoms with Gasteiger partial charge in [0.15, 0.2) is 0 Å². The van der Waals surface area contributed by atoms with Crippen LogP contribution in [0.5, 0.6) is 5.88 Å². The van der Waals surface area contributed by atoms with Crippen molar-refractivity contribution in [3.8, 4) is 5.88 Å². The van der Waals surface area contributed by atoms with Gasteiger partial charge in [-0.3, -0.25) is 0 Å². The molecule has 1 N–H and O–H groups in total. The van der Waals surface area contributed by atoms with Gasteiger partial charge in [-0.15, -0.1) is 0 Å². The second kappa shape index (κ2) is 8.17. The van der Waals surface area contributed by atoms with Crippen LogP contribution in [-0.4, -0.2) is 34.1 Å². The molecule has 0 aliphatic carbocycles. The van der Waals surface area contributed by atoms with Gasteiger partial charge in [-0.05, 0) is 31.8 Å². The molecule has 0 amide bonds. The number of thioether (sulfide) groups is 1. The minimum absolute atomic E-state index is 0.415. The van der Waals surface area contributed by atoms with Crippen LogP contribution in [0.25, 0.3) is 0 Å². The maximum atomic E-state index is 5.33. The van der Waals surface area contributed by atoms with Crippen LogP contribution in [0.3, 0.4) is 0 Å². The van der Waals surface area contributed by atoms with E-state index in [1.165, 1.54) is 17.8 Å².